The lowest BCUT2D eigenvalue weighted by Gasteiger charge is -2.12. The highest BCUT2D eigenvalue weighted by Gasteiger charge is 2.12. The highest BCUT2D eigenvalue weighted by molar-refractivity contribution is 6.33. The predicted molar refractivity (Wildman–Crippen MR) is 55.3 cm³/mol. The first-order valence-corrected chi connectivity index (χ1v) is 4.65. The Balaban J connectivity index is 2.74. The molecule has 0 aromatic heterocycles. The van der Waals surface area contributed by atoms with E-state index in [9.17, 15) is 5.11 Å². The molecule has 5 nitrogen and oxygen atoms in total. The van der Waals surface area contributed by atoms with Gasteiger partial charge in [0, 0.05) is 6.54 Å². The fourth-order valence-corrected chi connectivity index (χ4v) is 1.12. The second-order valence-electron chi connectivity index (χ2n) is 2.95. The van der Waals surface area contributed by atoms with E-state index in [1.165, 1.54) is 12.1 Å². The smallest absolute Gasteiger partial charge is 0.180 e. The number of benzene rings is 1. The van der Waals surface area contributed by atoms with Crippen molar-refractivity contribution < 1.29 is 20.1 Å². The van der Waals surface area contributed by atoms with Crippen molar-refractivity contribution in [2.75, 3.05) is 13.2 Å². The molecule has 0 fully saturated rings. The van der Waals surface area contributed by atoms with Crippen molar-refractivity contribution in [2.45, 2.75) is 6.10 Å². The third kappa shape index (κ3) is 2.89. The predicted octanol–water partition coefficient (Wildman–Crippen LogP) is 0.450. The van der Waals surface area contributed by atoms with Crippen molar-refractivity contribution in [3.63, 3.8) is 0 Å². The molecule has 0 amide bonds. The van der Waals surface area contributed by atoms with Crippen LogP contribution >= 0.6 is 11.6 Å². The van der Waals surface area contributed by atoms with Crippen molar-refractivity contribution in [3.05, 3.63) is 17.2 Å². The zero-order valence-corrected chi connectivity index (χ0v) is 8.61. The molecule has 1 aromatic carbocycles. The monoisotopic (exact) mass is 233 g/mol. The van der Waals surface area contributed by atoms with Crippen LogP contribution in [0.3, 0.4) is 0 Å². The molecule has 0 saturated carbocycles. The maximum atomic E-state index is 9.26. The molecular formula is C9H12ClNO4. The summed E-state index contributed by atoms with van der Waals surface area (Å²) in [5.74, 6) is -0.595. The molecule has 1 atom stereocenters. The molecule has 0 aliphatic heterocycles. The Morgan fingerprint density at radius 2 is 2.07 bits per heavy atom. The van der Waals surface area contributed by atoms with Crippen LogP contribution in [0.1, 0.15) is 0 Å². The summed E-state index contributed by atoms with van der Waals surface area (Å²) in [6, 6.07) is 2.63. The van der Waals surface area contributed by atoms with E-state index in [1.807, 2.05) is 0 Å². The molecule has 0 radical (unpaired) electrons. The summed E-state index contributed by atoms with van der Waals surface area (Å²) >= 11 is 5.68. The first kappa shape index (κ1) is 11.9. The largest absolute Gasteiger partial charge is 0.504 e. The van der Waals surface area contributed by atoms with Gasteiger partial charge < -0.3 is 25.8 Å². The molecule has 1 rings (SSSR count). The number of aromatic hydroxyl groups is 2. The number of nitrogens with two attached hydrogens (primary N) is 1. The molecule has 5 N–H and O–H groups in total. The minimum atomic E-state index is -0.794. The summed E-state index contributed by atoms with van der Waals surface area (Å²) in [6.07, 6.45) is -0.794. The Morgan fingerprint density at radius 3 is 2.67 bits per heavy atom. The van der Waals surface area contributed by atoms with E-state index in [4.69, 9.17) is 32.3 Å². The van der Waals surface area contributed by atoms with Gasteiger partial charge in [-0.15, -0.1) is 0 Å². The van der Waals surface area contributed by atoms with Crippen LogP contribution in [0, 0.1) is 0 Å². The molecule has 0 spiro atoms. The SMILES string of the molecule is NC[C@@H](O)COc1ccc(O)c(O)c1Cl. The Bertz CT molecular complexity index is 345. The summed E-state index contributed by atoms with van der Waals surface area (Å²) in [4.78, 5) is 0. The van der Waals surface area contributed by atoms with E-state index in [0.717, 1.165) is 0 Å². The van der Waals surface area contributed by atoms with Crippen LogP contribution in [-0.2, 0) is 0 Å². The number of phenols is 2. The maximum absolute atomic E-state index is 9.26. The Labute approximate surface area is 91.7 Å². The standard InChI is InChI=1S/C9H12ClNO4/c10-8-7(15-4-5(12)3-11)2-1-6(13)9(8)14/h1-2,5,12-14H,3-4,11H2/t5-/m1/s1. The van der Waals surface area contributed by atoms with Crippen LogP contribution in [0.25, 0.3) is 0 Å². The molecule has 0 heterocycles. The molecular weight excluding hydrogens is 222 g/mol. The van der Waals surface area contributed by atoms with E-state index in [0.29, 0.717) is 0 Å². The first-order valence-electron chi connectivity index (χ1n) is 4.27. The molecule has 0 bridgehead atoms. The zero-order chi connectivity index (χ0) is 11.4. The molecule has 0 saturated heterocycles. The van der Waals surface area contributed by atoms with E-state index in [-0.39, 0.29) is 29.7 Å². The fraction of sp³-hybridized carbons (Fsp3) is 0.333. The molecule has 0 aliphatic rings. The van der Waals surface area contributed by atoms with E-state index >= 15 is 0 Å². The highest BCUT2D eigenvalue weighted by atomic mass is 35.5. The second-order valence-corrected chi connectivity index (χ2v) is 3.32. The lowest BCUT2D eigenvalue weighted by molar-refractivity contribution is 0.114. The topological polar surface area (TPSA) is 95.9 Å². The third-order valence-electron chi connectivity index (χ3n) is 1.76. The minimum absolute atomic E-state index is 0.0273. The van der Waals surface area contributed by atoms with Crippen molar-refractivity contribution in [1.82, 2.24) is 0 Å². The molecule has 0 aliphatic carbocycles. The lowest BCUT2D eigenvalue weighted by Crippen LogP contribution is -2.26. The van der Waals surface area contributed by atoms with Crippen molar-refractivity contribution >= 4 is 11.6 Å². The Morgan fingerprint density at radius 1 is 1.40 bits per heavy atom. The number of hydrogen-bond acceptors (Lipinski definition) is 5. The van der Waals surface area contributed by atoms with Gasteiger partial charge in [-0.1, -0.05) is 11.6 Å². The van der Waals surface area contributed by atoms with Crippen LogP contribution < -0.4 is 10.5 Å². The van der Waals surface area contributed by atoms with Gasteiger partial charge in [0.1, 0.15) is 23.5 Å². The zero-order valence-electron chi connectivity index (χ0n) is 7.85. The average Bonchev–Trinajstić information content (AvgIpc) is 2.24. The van der Waals surface area contributed by atoms with Crippen LogP contribution in [0.4, 0.5) is 0 Å². The van der Waals surface area contributed by atoms with Crippen LogP contribution in [0.15, 0.2) is 12.1 Å². The second kappa shape index (κ2) is 5.06. The number of aliphatic hydroxyl groups is 1. The summed E-state index contributed by atoms with van der Waals surface area (Å²) in [5, 5.41) is 27.4. The Kier molecular flexibility index (Phi) is 4.02. The number of rotatable bonds is 4. The maximum Gasteiger partial charge on any atom is 0.180 e. The lowest BCUT2D eigenvalue weighted by atomic mass is 10.3. The van der Waals surface area contributed by atoms with Gasteiger partial charge in [-0.3, -0.25) is 0 Å². The number of ether oxygens (including phenoxy) is 1. The molecule has 6 heteroatoms. The van der Waals surface area contributed by atoms with Crippen LogP contribution in [0.2, 0.25) is 5.02 Å². The van der Waals surface area contributed by atoms with Crippen LogP contribution in [-0.4, -0.2) is 34.6 Å². The van der Waals surface area contributed by atoms with Gasteiger partial charge in [-0.05, 0) is 12.1 Å². The summed E-state index contributed by atoms with van der Waals surface area (Å²) in [7, 11) is 0. The van der Waals surface area contributed by atoms with Crippen molar-refractivity contribution in [3.8, 4) is 17.2 Å². The van der Waals surface area contributed by atoms with Gasteiger partial charge >= 0.3 is 0 Å². The average molecular weight is 234 g/mol. The van der Waals surface area contributed by atoms with E-state index in [2.05, 4.69) is 0 Å². The highest BCUT2D eigenvalue weighted by Crippen LogP contribution is 2.39. The third-order valence-corrected chi connectivity index (χ3v) is 2.13. The van der Waals surface area contributed by atoms with Crippen molar-refractivity contribution in [1.29, 1.82) is 0 Å². The van der Waals surface area contributed by atoms with Crippen molar-refractivity contribution in [2.24, 2.45) is 5.73 Å². The van der Waals surface area contributed by atoms with Gasteiger partial charge in [0.2, 0.25) is 0 Å². The first-order chi connectivity index (χ1) is 7.06. The normalized spacial score (nSPS) is 12.5. The number of aliphatic hydroxyl groups excluding tert-OH is 1. The molecule has 15 heavy (non-hydrogen) atoms. The number of phenolic OH excluding ortho intramolecular Hbond substituents is 2. The van der Waals surface area contributed by atoms with Gasteiger partial charge in [0.25, 0.3) is 0 Å². The number of hydrogen-bond donors (Lipinski definition) is 4. The van der Waals surface area contributed by atoms with Gasteiger partial charge in [-0.2, -0.15) is 0 Å². The fourth-order valence-electron chi connectivity index (χ4n) is 0.901. The van der Waals surface area contributed by atoms with Gasteiger partial charge in [0.15, 0.2) is 11.5 Å². The summed E-state index contributed by atoms with van der Waals surface area (Å²) in [6.45, 7) is 0.0438. The van der Waals surface area contributed by atoms with Crippen LogP contribution in [0.5, 0.6) is 17.2 Å². The van der Waals surface area contributed by atoms with E-state index < -0.39 is 11.9 Å². The molecule has 0 unspecified atom stereocenters. The van der Waals surface area contributed by atoms with Gasteiger partial charge in [-0.25, -0.2) is 0 Å². The molecule has 1 aromatic rings. The molecule has 84 valence electrons. The summed E-state index contributed by atoms with van der Waals surface area (Å²) < 4.78 is 5.09. The minimum Gasteiger partial charge on any atom is -0.504 e. The Hall–Kier alpha value is -1.17. The van der Waals surface area contributed by atoms with Gasteiger partial charge in [0.05, 0.1) is 0 Å². The van der Waals surface area contributed by atoms with E-state index in [1.54, 1.807) is 0 Å². The summed E-state index contributed by atoms with van der Waals surface area (Å²) in [5.41, 5.74) is 5.18. The quantitative estimate of drug-likeness (QED) is 0.567. The number of halogens is 1.